The van der Waals surface area contributed by atoms with Gasteiger partial charge in [-0.2, -0.15) is 13.2 Å². The maximum atomic E-state index is 13.2. The molecule has 0 unspecified atom stereocenters. The highest BCUT2D eigenvalue weighted by Gasteiger charge is 2.37. The number of carbonyl (C=O) groups is 1. The van der Waals surface area contributed by atoms with Crippen molar-refractivity contribution >= 4 is 29.0 Å². The summed E-state index contributed by atoms with van der Waals surface area (Å²) in [6, 6.07) is 8.39. The fourth-order valence-corrected chi connectivity index (χ4v) is 3.73. The lowest BCUT2D eigenvalue weighted by Gasteiger charge is -2.37. The van der Waals surface area contributed by atoms with Crippen LogP contribution in [0, 0.1) is 0 Å². The molecule has 0 saturated carbocycles. The Morgan fingerprint density at radius 1 is 1.19 bits per heavy atom. The molecule has 164 valence electrons. The van der Waals surface area contributed by atoms with Gasteiger partial charge in [-0.1, -0.05) is 12.1 Å². The number of esters is 1. The zero-order valence-electron chi connectivity index (χ0n) is 16.8. The van der Waals surface area contributed by atoms with Gasteiger partial charge in [0.1, 0.15) is 0 Å². The summed E-state index contributed by atoms with van der Waals surface area (Å²) >= 11 is 5.43. The zero-order valence-corrected chi connectivity index (χ0v) is 17.6. The third-order valence-corrected chi connectivity index (χ3v) is 5.16. The Labute approximate surface area is 181 Å². The molecule has 1 aliphatic rings. The van der Waals surface area contributed by atoms with Gasteiger partial charge in [0.25, 0.3) is 0 Å². The van der Waals surface area contributed by atoms with Gasteiger partial charge in [-0.15, -0.1) is 0 Å². The number of nitrogens with one attached hydrogen (secondary N) is 1. The molecule has 0 spiro atoms. The first-order chi connectivity index (χ1) is 14.6. The molecule has 1 aliphatic heterocycles. The Morgan fingerprint density at radius 3 is 2.52 bits per heavy atom. The largest absolute Gasteiger partial charge is 0.504 e. The van der Waals surface area contributed by atoms with Crippen molar-refractivity contribution in [2.24, 2.45) is 0 Å². The number of benzene rings is 2. The number of rotatable bonds is 4. The molecule has 1 heterocycles. The van der Waals surface area contributed by atoms with Crippen LogP contribution >= 0.6 is 12.2 Å². The van der Waals surface area contributed by atoms with Gasteiger partial charge >= 0.3 is 12.1 Å². The van der Waals surface area contributed by atoms with E-state index in [1.807, 2.05) is 0 Å². The van der Waals surface area contributed by atoms with Gasteiger partial charge < -0.3 is 19.9 Å². The Kier molecular flexibility index (Phi) is 6.12. The maximum absolute atomic E-state index is 13.2. The average Bonchev–Trinajstić information content (AvgIpc) is 2.73. The zero-order chi connectivity index (χ0) is 22.9. The van der Waals surface area contributed by atoms with Crippen molar-refractivity contribution in [1.82, 2.24) is 5.32 Å². The van der Waals surface area contributed by atoms with E-state index in [2.05, 4.69) is 5.32 Å². The van der Waals surface area contributed by atoms with E-state index in [4.69, 9.17) is 21.7 Å². The molecule has 6 nitrogen and oxygen atoms in total. The first-order valence-electron chi connectivity index (χ1n) is 9.02. The van der Waals surface area contributed by atoms with Crippen LogP contribution in [0.4, 0.5) is 18.9 Å². The van der Waals surface area contributed by atoms with E-state index in [0.717, 1.165) is 12.1 Å². The number of anilines is 1. The molecule has 10 heteroatoms. The summed E-state index contributed by atoms with van der Waals surface area (Å²) in [4.78, 5) is 14.0. The molecule has 0 bridgehead atoms. The number of thiocarbonyl (C=S) groups is 1. The molecule has 2 N–H and O–H groups in total. The van der Waals surface area contributed by atoms with Crippen molar-refractivity contribution in [2.45, 2.75) is 19.1 Å². The van der Waals surface area contributed by atoms with Crippen molar-refractivity contribution < 1.29 is 32.5 Å². The van der Waals surface area contributed by atoms with Crippen LogP contribution in [-0.4, -0.2) is 30.4 Å². The number of halogens is 3. The van der Waals surface area contributed by atoms with Crippen LogP contribution in [0.5, 0.6) is 11.5 Å². The van der Waals surface area contributed by atoms with Crippen LogP contribution in [0.25, 0.3) is 0 Å². The number of phenols is 1. The first-order valence-corrected chi connectivity index (χ1v) is 9.43. The van der Waals surface area contributed by atoms with Crippen LogP contribution < -0.4 is 15.0 Å². The highest BCUT2D eigenvalue weighted by Crippen LogP contribution is 2.38. The fourth-order valence-electron chi connectivity index (χ4n) is 3.37. The summed E-state index contributed by atoms with van der Waals surface area (Å²) in [5, 5.41) is 13.0. The highest BCUT2D eigenvalue weighted by molar-refractivity contribution is 7.80. The second-order valence-corrected chi connectivity index (χ2v) is 7.07. The van der Waals surface area contributed by atoms with Gasteiger partial charge in [0.2, 0.25) is 0 Å². The van der Waals surface area contributed by atoms with E-state index in [0.29, 0.717) is 11.3 Å². The van der Waals surface area contributed by atoms with Crippen molar-refractivity contribution in [2.75, 3.05) is 19.1 Å². The lowest BCUT2D eigenvalue weighted by Crippen LogP contribution is -2.48. The van der Waals surface area contributed by atoms with Crippen molar-refractivity contribution in [3.8, 4) is 11.5 Å². The van der Waals surface area contributed by atoms with Crippen LogP contribution in [0.2, 0.25) is 0 Å². The van der Waals surface area contributed by atoms with Gasteiger partial charge in [0.15, 0.2) is 16.6 Å². The molecule has 2 aromatic carbocycles. The predicted octanol–water partition coefficient (Wildman–Crippen LogP) is 4.30. The van der Waals surface area contributed by atoms with E-state index in [9.17, 15) is 23.1 Å². The van der Waals surface area contributed by atoms with Crippen molar-refractivity contribution in [3.63, 3.8) is 0 Å². The van der Waals surface area contributed by atoms with E-state index >= 15 is 0 Å². The lowest BCUT2D eigenvalue weighted by atomic mass is 9.94. The van der Waals surface area contributed by atoms with Gasteiger partial charge in [-0.05, 0) is 55.0 Å². The molecule has 0 saturated heterocycles. The second-order valence-electron chi connectivity index (χ2n) is 6.69. The highest BCUT2D eigenvalue weighted by atomic mass is 32.1. The van der Waals surface area contributed by atoms with Crippen molar-refractivity contribution in [1.29, 1.82) is 0 Å². The quantitative estimate of drug-likeness (QED) is 0.529. The van der Waals surface area contributed by atoms with Crippen LogP contribution in [0.1, 0.15) is 24.1 Å². The Balaban J connectivity index is 2.15. The number of hydrogen-bond donors (Lipinski definition) is 2. The molecule has 2 aromatic rings. The number of hydrogen-bond acceptors (Lipinski definition) is 5. The molecule has 0 fully saturated rings. The molecule has 0 amide bonds. The second kappa shape index (κ2) is 8.46. The minimum Gasteiger partial charge on any atom is -0.504 e. The van der Waals surface area contributed by atoms with Gasteiger partial charge in [-0.3, -0.25) is 4.90 Å². The van der Waals surface area contributed by atoms with Crippen LogP contribution in [0.3, 0.4) is 0 Å². The van der Waals surface area contributed by atoms with Crippen LogP contribution in [-0.2, 0) is 15.7 Å². The Hall–Kier alpha value is -3.27. The SMILES string of the molecule is COC(=O)C1=C(C)N(c2cccc(C(F)(F)F)c2)C(=S)N[C@@H]1c1ccc(O)c(OC)c1. The lowest BCUT2D eigenvalue weighted by molar-refractivity contribution is -0.138. The number of methoxy groups -OCH3 is 2. The predicted molar refractivity (Wildman–Crippen MR) is 112 cm³/mol. The number of carbonyl (C=O) groups excluding carboxylic acids is 1. The minimum atomic E-state index is -4.53. The molecule has 0 aliphatic carbocycles. The Bertz CT molecular complexity index is 1070. The number of nitrogens with zero attached hydrogens (tertiary/aromatic N) is 1. The van der Waals surface area contributed by atoms with Crippen LogP contribution in [0.15, 0.2) is 53.7 Å². The van der Waals surface area contributed by atoms with Crippen molar-refractivity contribution in [3.05, 3.63) is 64.9 Å². The molecule has 0 aromatic heterocycles. The average molecular weight is 452 g/mol. The number of allylic oxidation sites excluding steroid dienone is 1. The monoisotopic (exact) mass is 452 g/mol. The number of phenolic OH excluding ortho intramolecular Hbond substituents is 1. The molecule has 1 atom stereocenters. The van der Waals surface area contributed by atoms with Gasteiger partial charge in [-0.25, -0.2) is 4.79 Å². The number of ether oxygens (including phenoxy) is 2. The summed E-state index contributed by atoms with van der Waals surface area (Å²) in [6.45, 7) is 1.57. The summed E-state index contributed by atoms with van der Waals surface area (Å²) in [5.74, 6) is -0.579. The smallest absolute Gasteiger partial charge is 0.416 e. The van der Waals surface area contributed by atoms with E-state index in [-0.39, 0.29) is 27.9 Å². The summed E-state index contributed by atoms with van der Waals surface area (Å²) < 4.78 is 49.6. The molecule has 3 rings (SSSR count). The van der Waals surface area contributed by atoms with Gasteiger partial charge in [0, 0.05) is 11.4 Å². The Morgan fingerprint density at radius 2 is 1.90 bits per heavy atom. The number of alkyl halides is 3. The third-order valence-electron chi connectivity index (χ3n) is 4.86. The van der Waals surface area contributed by atoms with E-state index in [1.165, 1.54) is 43.4 Å². The van der Waals surface area contributed by atoms with E-state index < -0.39 is 23.8 Å². The maximum Gasteiger partial charge on any atom is 0.416 e. The topological polar surface area (TPSA) is 71.0 Å². The molecule has 31 heavy (non-hydrogen) atoms. The third kappa shape index (κ3) is 4.29. The number of aromatic hydroxyl groups is 1. The minimum absolute atomic E-state index is 0.0875. The molecule has 0 radical (unpaired) electrons. The molecular weight excluding hydrogens is 433 g/mol. The summed E-state index contributed by atoms with van der Waals surface area (Å²) in [5.41, 5.74) is 0.312. The van der Waals surface area contributed by atoms with Gasteiger partial charge in [0.05, 0.1) is 31.4 Å². The summed E-state index contributed by atoms with van der Waals surface area (Å²) in [7, 11) is 2.59. The van der Waals surface area contributed by atoms with E-state index in [1.54, 1.807) is 13.0 Å². The normalized spacial score (nSPS) is 16.8. The fraction of sp³-hybridized carbons (Fsp3) is 0.238. The summed E-state index contributed by atoms with van der Waals surface area (Å²) in [6.07, 6.45) is -4.53. The first kappa shape index (κ1) is 22.4. The molecular formula is C21H19F3N2O4S. The standard InChI is InChI=1S/C21H19F3N2O4S/c1-11-17(19(28)30-3)18(12-7-8-15(27)16(9-12)29-2)25-20(31)26(11)14-6-4-5-13(10-14)21(22,23)24/h4-10,18,27H,1-3H3,(H,25,31)/t18-/m1/s1.